The summed E-state index contributed by atoms with van der Waals surface area (Å²) in [5.74, 6) is 0. The zero-order valence-corrected chi connectivity index (χ0v) is 12.2. The van der Waals surface area contributed by atoms with Crippen LogP contribution in [0.25, 0.3) is 0 Å². The van der Waals surface area contributed by atoms with E-state index in [9.17, 15) is 8.76 Å². The lowest BCUT2D eigenvalue weighted by atomic mass is 10.2. The van der Waals surface area contributed by atoms with Gasteiger partial charge in [-0.1, -0.05) is 39.5 Å². The van der Waals surface area contributed by atoms with Gasteiger partial charge in [0.1, 0.15) is 0 Å². The molecule has 0 heterocycles. The zero-order valence-electron chi connectivity index (χ0n) is 9.83. The Balaban J connectivity index is 4.28. The van der Waals surface area contributed by atoms with Crippen molar-refractivity contribution in [2.45, 2.75) is 63.4 Å². The summed E-state index contributed by atoms with van der Waals surface area (Å²) >= 11 is 9.73. The second kappa shape index (κ2) is 9.66. The Morgan fingerprint density at radius 3 is 1.75 bits per heavy atom. The first kappa shape index (κ1) is 16.6. The molecule has 0 aliphatic carbocycles. The van der Waals surface area contributed by atoms with Gasteiger partial charge >= 0.3 is 0 Å². The molecule has 0 aromatic heterocycles. The van der Waals surface area contributed by atoms with Crippen LogP contribution in [0.5, 0.6) is 0 Å². The lowest BCUT2D eigenvalue weighted by Gasteiger charge is -2.32. The summed E-state index contributed by atoms with van der Waals surface area (Å²) in [4.78, 5) is 0. The Hall–Kier alpha value is 0.650. The zero-order chi connectivity index (χ0) is 12.6. The van der Waals surface area contributed by atoms with Gasteiger partial charge < -0.3 is 4.55 Å². The van der Waals surface area contributed by atoms with Gasteiger partial charge in [-0.2, -0.15) is 0 Å². The predicted molar refractivity (Wildman–Crippen MR) is 69.1 cm³/mol. The fourth-order valence-electron chi connectivity index (χ4n) is 1.36. The van der Waals surface area contributed by atoms with Gasteiger partial charge in [0.05, 0.1) is 11.0 Å². The van der Waals surface area contributed by atoms with Crippen LogP contribution in [0.2, 0.25) is 0 Å². The third-order valence-corrected chi connectivity index (χ3v) is 4.26. The molecule has 0 saturated heterocycles. The monoisotopic (exact) mass is 288 g/mol. The Morgan fingerprint density at radius 1 is 1.12 bits per heavy atom. The molecule has 6 heteroatoms. The first-order valence-electron chi connectivity index (χ1n) is 5.70. The summed E-state index contributed by atoms with van der Waals surface area (Å²) in [6.07, 6.45) is 5.07. The van der Waals surface area contributed by atoms with Gasteiger partial charge in [0, 0.05) is 11.3 Å². The van der Waals surface area contributed by atoms with E-state index in [1.165, 1.54) is 0 Å². The lowest BCUT2D eigenvalue weighted by Crippen LogP contribution is -2.39. The topological polar surface area (TPSA) is 43.4 Å². The maximum absolute atomic E-state index is 11.1. The van der Waals surface area contributed by atoms with Crippen LogP contribution in [-0.4, -0.2) is 24.1 Å². The molecule has 0 rings (SSSR count). The van der Waals surface area contributed by atoms with E-state index < -0.39 is 22.3 Å². The van der Waals surface area contributed by atoms with Gasteiger partial charge in [-0.3, -0.25) is 4.21 Å². The Kier molecular flexibility index (Phi) is 10.0. The summed E-state index contributed by atoms with van der Waals surface area (Å²) < 4.78 is 23.3. The molecule has 3 unspecified atom stereocenters. The second-order valence-corrected chi connectivity index (χ2v) is 5.59. The third-order valence-electron chi connectivity index (χ3n) is 2.32. The molecule has 3 nitrogen and oxygen atoms in total. The number of hydrogen-bond acceptors (Lipinski definition) is 2. The molecule has 98 valence electrons. The minimum absolute atomic E-state index is 0.530. The van der Waals surface area contributed by atoms with Crippen molar-refractivity contribution >= 4 is 34.5 Å². The fraction of sp³-hybridized carbons (Fsp3) is 1.00. The van der Waals surface area contributed by atoms with E-state index in [0.717, 1.165) is 30.0 Å². The normalized spacial score (nSPS) is 17.4. The highest BCUT2D eigenvalue weighted by Crippen LogP contribution is 2.23. The summed E-state index contributed by atoms with van der Waals surface area (Å²) in [7, 11) is 0. The maximum Gasteiger partial charge on any atom is 0.0972 e. The maximum atomic E-state index is 11.1. The second-order valence-electron chi connectivity index (χ2n) is 3.73. The number of unbranched alkanes of at least 4 members (excludes halogenated alkanes) is 2. The SMILES string of the molecule is CCCCC(Cl)N(C(Cl)CCCC)S(=O)[O-]. The Labute approximate surface area is 111 Å². The van der Waals surface area contributed by atoms with Gasteiger partial charge in [0.25, 0.3) is 0 Å². The number of hydrogen-bond donors (Lipinski definition) is 0. The molecular formula is C10H20Cl2NO2S-. The van der Waals surface area contributed by atoms with Crippen molar-refractivity contribution in [2.24, 2.45) is 0 Å². The molecule has 0 N–H and O–H groups in total. The summed E-state index contributed by atoms with van der Waals surface area (Å²) in [6, 6.07) is 0. The van der Waals surface area contributed by atoms with Crippen molar-refractivity contribution in [1.29, 1.82) is 0 Å². The van der Waals surface area contributed by atoms with E-state index in [4.69, 9.17) is 23.2 Å². The minimum atomic E-state index is -2.35. The van der Waals surface area contributed by atoms with E-state index in [1.807, 2.05) is 13.8 Å². The third kappa shape index (κ3) is 6.40. The van der Waals surface area contributed by atoms with Crippen molar-refractivity contribution in [3.63, 3.8) is 0 Å². The van der Waals surface area contributed by atoms with Crippen LogP contribution in [-0.2, 0) is 11.3 Å². The minimum Gasteiger partial charge on any atom is -0.759 e. The molecule has 0 fully saturated rings. The molecule has 0 saturated carbocycles. The van der Waals surface area contributed by atoms with E-state index in [2.05, 4.69) is 0 Å². The van der Waals surface area contributed by atoms with Crippen molar-refractivity contribution in [3.8, 4) is 0 Å². The van der Waals surface area contributed by atoms with Gasteiger partial charge in [-0.15, -0.1) is 23.2 Å². The molecule has 16 heavy (non-hydrogen) atoms. The first-order chi connectivity index (χ1) is 7.54. The standard InChI is InChI=1S/C10H21Cl2NO2S/c1-3-5-7-9(11)13(16(14)15)10(12)8-6-4-2/h9-10H,3-8H2,1-2H3,(H,14,15)/p-1. The van der Waals surface area contributed by atoms with Gasteiger partial charge in [0.2, 0.25) is 0 Å². The molecule has 3 atom stereocenters. The molecule has 0 aromatic carbocycles. The lowest BCUT2D eigenvalue weighted by molar-refractivity contribution is 0.320. The number of alkyl halides is 2. The molecule has 0 aliphatic rings. The van der Waals surface area contributed by atoms with Crippen LogP contribution in [0.15, 0.2) is 0 Å². The van der Waals surface area contributed by atoms with Crippen LogP contribution < -0.4 is 0 Å². The predicted octanol–water partition coefficient (Wildman–Crippen LogP) is 3.59. The largest absolute Gasteiger partial charge is 0.759 e. The van der Waals surface area contributed by atoms with E-state index in [-0.39, 0.29) is 0 Å². The van der Waals surface area contributed by atoms with Crippen LogP contribution >= 0.6 is 23.2 Å². The summed E-state index contributed by atoms with van der Waals surface area (Å²) in [5.41, 5.74) is -1.06. The molecule has 0 bridgehead atoms. The Bertz CT molecular complexity index is 193. The van der Waals surface area contributed by atoms with Crippen molar-refractivity contribution in [1.82, 2.24) is 4.31 Å². The fourth-order valence-corrected chi connectivity index (χ4v) is 2.97. The van der Waals surface area contributed by atoms with Gasteiger partial charge in [-0.25, -0.2) is 4.31 Å². The van der Waals surface area contributed by atoms with Gasteiger partial charge in [0.15, 0.2) is 0 Å². The van der Waals surface area contributed by atoms with Crippen LogP contribution in [0.1, 0.15) is 52.4 Å². The van der Waals surface area contributed by atoms with Gasteiger partial charge in [-0.05, 0) is 12.8 Å². The molecule has 0 aliphatic heterocycles. The highest BCUT2D eigenvalue weighted by molar-refractivity contribution is 7.76. The smallest absolute Gasteiger partial charge is 0.0972 e. The molecule has 0 spiro atoms. The first-order valence-corrected chi connectivity index (χ1v) is 7.60. The molecule has 0 radical (unpaired) electrons. The summed E-state index contributed by atoms with van der Waals surface area (Å²) in [6.45, 7) is 4.08. The highest BCUT2D eigenvalue weighted by atomic mass is 35.5. The quantitative estimate of drug-likeness (QED) is 0.370. The van der Waals surface area contributed by atoms with Crippen LogP contribution in [0.3, 0.4) is 0 Å². The van der Waals surface area contributed by atoms with E-state index >= 15 is 0 Å². The van der Waals surface area contributed by atoms with Crippen molar-refractivity contribution in [3.05, 3.63) is 0 Å². The molecule has 0 aromatic rings. The molecular weight excluding hydrogens is 269 g/mol. The van der Waals surface area contributed by atoms with Crippen LogP contribution in [0.4, 0.5) is 0 Å². The van der Waals surface area contributed by atoms with Crippen molar-refractivity contribution < 1.29 is 8.76 Å². The average molecular weight is 289 g/mol. The van der Waals surface area contributed by atoms with E-state index in [0.29, 0.717) is 12.8 Å². The molecule has 0 amide bonds. The highest BCUT2D eigenvalue weighted by Gasteiger charge is 2.23. The number of nitrogens with zero attached hydrogens (tertiary/aromatic N) is 1. The number of rotatable bonds is 9. The summed E-state index contributed by atoms with van der Waals surface area (Å²) in [5, 5.41) is 0. The number of halogens is 2. The average Bonchev–Trinajstić information content (AvgIpc) is 2.23. The Morgan fingerprint density at radius 2 is 1.50 bits per heavy atom. The van der Waals surface area contributed by atoms with Crippen LogP contribution in [0, 0.1) is 0 Å². The van der Waals surface area contributed by atoms with Crippen molar-refractivity contribution in [2.75, 3.05) is 0 Å². The van der Waals surface area contributed by atoms with E-state index in [1.54, 1.807) is 0 Å².